The van der Waals surface area contributed by atoms with Gasteiger partial charge >= 0.3 is 5.97 Å². The van der Waals surface area contributed by atoms with Gasteiger partial charge in [0.05, 0.1) is 11.7 Å². The third-order valence-electron chi connectivity index (χ3n) is 5.92. The van der Waals surface area contributed by atoms with Crippen LogP contribution in [0.5, 0.6) is 0 Å². The van der Waals surface area contributed by atoms with Gasteiger partial charge in [-0.2, -0.15) is 9.61 Å². The van der Waals surface area contributed by atoms with Crippen molar-refractivity contribution in [2.45, 2.75) is 31.7 Å². The Kier molecular flexibility index (Phi) is 6.72. The van der Waals surface area contributed by atoms with Gasteiger partial charge in [0, 0.05) is 37.4 Å². The summed E-state index contributed by atoms with van der Waals surface area (Å²) in [5.41, 5.74) is 1.70. The highest BCUT2D eigenvalue weighted by Crippen LogP contribution is 2.26. The smallest absolute Gasteiger partial charge is 0.328 e. The van der Waals surface area contributed by atoms with Crippen LogP contribution in [0.15, 0.2) is 49.1 Å². The van der Waals surface area contributed by atoms with Gasteiger partial charge in [-0.25, -0.2) is 14.2 Å². The van der Waals surface area contributed by atoms with E-state index in [1.807, 2.05) is 11.0 Å². The van der Waals surface area contributed by atoms with E-state index in [1.54, 1.807) is 25.2 Å². The summed E-state index contributed by atoms with van der Waals surface area (Å²) in [5, 5.41) is 16.3. The van der Waals surface area contributed by atoms with Crippen molar-refractivity contribution < 1.29 is 19.1 Å². The Hall–Kier alpha value is -4.01. The number of halogens is 1. The van der Waals surface area contributed by atoms with E-state index in [1.165, 1.54) is 22.7 Å². The first-order valence-corrected chi connectivity index (χ1v) is 11.1. The minimum Gasteiger partial charge on any atom is -0.478 e. The lowest BCUT2D eigenvalue weighted by Crippen LogP contribution is -2.39. The Balaban J connectivity index is 1.71. The number of nitrogens with one attached hydrogen (secondary N) is 1. The van der Waals surface area contributed by atoms with Crippen LogP contribution in [0.2, 0.25) is 0 Å². The molecule has 1 fully saturated rings. The summed E-state index contributed by atoms with van der Waals surface area (Å²) < 4.78 is 16.3. The van der Waals surface area contributed by atoms with Crippen molar-refractivity contribution in [2.24, 2.45) is 0 Å². The Morgan fingerprint density at radius 1 is 1.24 bits per heavy atom. The second-order valence-electron chi connectivity index (χ2n) is 8.14. The number of benzene rings is 1. The highest BCUT2D eigenvalue weighted by molar-refractivity contribution is 5.94. The summed E-state index contributed by atoms with van der Waals surface area (Å²) >= 11 is 0. The van der Waals surface area contributed by atoms with Crippen LogP contribution in [-0.2, 0) is 4.79 Å². The van der Waals surface area contributed by atoms with Crippen molar-refractivity contribution in [3.05, 3.63) is 66.1 Å². The first-order valence-electron chi connectivity index (χ1n) is 11.1. The average Bonchev–Trinajstić information content (AvgIpc) is 3.11. The number of carboxylic acid groups (broad SMARTS) is 1. The van der Waals surface area contributed by atoms with Crippen molar-refractivity contribution in [1.29, 1.82) is 0 Å². The van der Waals surface area contributed by atoms with Crippen LogP contribution < -0.4 is 5.32 Å². The molecule has 0 saturated carbocycles. The van der Waals surface area contributed by atoms with Crippen LogP contribution in [0.4, 0.5) is 10.2 Å². The van der Waals surface area contributed by atoms with Gasteiger partial charge in [0.15, 0.2) is 5.65 Å². The fraction of sp³-hybridized carbons (Fsp3) is 0.280. The van der Waals surface area contributed by atoms with E-state index in [0.717, 1.165) is 31.8 Å². The lowest BCUT2D eigenvalue weighted by atomic mass is 10.1. The van der Waals surface area contributed by atoms with E-state index in [9.17, 15) is 14.0 Å². The molecule has 2 aromatic heterocycles. The monoisotopic (exact) mass is 463 g/mol. The first-order chi connectivity index (χ1) is 16.4. The molecule has 34 heavy (non-hydrogen) atoms. The summed E-state index contributed by atoms with van der Waals surface area (Å²) in [7, 11) is 1.72. The van der Waals surface area contributed by atoms with Crippen molar-refractivity contribution in [1.82, 2.24) is 19.5 Å². The Morgan fingerprint density at radius 3 is 2.76 bits per heavy atom. The van der Waals surface area contributed by atoms with Crippen molar-refractivity contribution >= 4 is 29.4 Å². The Labute approximate surface area is 196 Å². The molecule has 1 amide bonds. The molecular weight excluding hydrogens is 437 g/mol. The third-order valence-corrected chi connectivity index (χ3v) is 5.92. The highest BCUT2D eigenvalue weighted by atomic mass is 19.1. The van der Waals surface area contributed by atoms with Crippen LogP contribution in [0.25, 0.3) is 23.0 Å². The summed E-state index contributed by atoms with van der Waals surface area (Å²) in [4.78, 5) is 30.4. The number of hydrogen-bond acceptors (Lipinski definition) is 5. The lowest BCUT2D eigenvalue weighted by molar-refractivity contribution is -0.131. The molecular formula is C25H26FN5O3. The number of amides is 1. The minimum absolute atomic E-state index is 0.0330. The fourth-order valence-corrected chi connectivity index (χ4v) is 4.18. The van der Waals surface area contributed by atoms with E-state index in [0.29, 0.717) is 29.3 Å². The van der Waals surface area contributed by atoms with Crippen LogP contribution >= 0.6 is 0 Å². The molecule has 3 aromatic rings. The maximum atomic E-state index is 14.8. The fourth-order valence-electron chi connectivity index (χ4n) is 4.18. The number of likely N-dealkylation sites (tertiary alicyclic amines) is 1. The number of carboxylic acids is 1. The number of nitrogens with zero attached hydrogens (tertiary/aromatic N) is 4. The molecule has 0 unspecified atom stereocenters. The predicted octanol–water partition coefficient (Wildman–Crippen LogP) is 4.25. The van der Waals surface area contributed by atoms with Crippen molar-refractivity contribution in [2.75, 3.05) is 18.9 Å². The van der Waals surface area contributed by atoms with Gasteiger partial charge in [0.2, 0.25) is 0 Å². The maximum Gasteiger partial charge on any atom is 0.328 e. The highest BCUT2D eigenvalue weighted by Gasteiger charge is 2.26. The number of carbonyl (C=O) groups is 2. The number of anilines is 1. The van der Waals surface area contributed by atoms with Gasteiger partial charge in [-0.3, -0.25) is 4.79 Å². The maximum absolute atomic E-state index is 14.8. The summed E-state index contributed by atoms with van der Waals surface area (Å²) in [6, 6.07) is 7.63. The number of rotatable bonds is 6. The molecule has 1 atom stereocenters. The van der Waals surface area contributed by atoms with Crippen LogP contribution in [0, 0.1) is 5.82 Å². The minimum atomic E-state index is -1.11. The molecule has 2 N–H and O–H groups in total. The zero-order valence-electron chi connectivity index (χ0n) is 18.9. The Bertz CT molecular complexity index is 1280. The molecule has 0 radical (unpaired) electrons. The summed E-state index contributed by atoms with van der Waals surface area (Å²) in [5.74, 6) is -1.28. The summed E-state index contributed by atoms with van der Waals surface area (Å²) in [6.07, 6.45) is 8.02. The van der Waals surface area contributed by atoms with Crippen LogP contribution in [0.3, 0.4) is 0 Å². The molecule has 3 heterocycles. The quantitative estimate of drug-likeness (QED) is 0.419. The van der Waals surface area contributed by atoms with E-state index in [-0.39, 0.29) is 23.2 Å². The predicted molar refractivity (Wildman–Crippen MR) is 128 cm³/mol. The lowest BCUT2D eigenvalue weighted by Gasteiger charge is -2.27. The van der Waals surface area contributed by atoms with Gasteiger partial charge in [-0.15, -0.1) is 6.58 Å². The molecule has 1 aliphatic rings. The molecule has 176 valence electrons. The van der Waals surface area contributed by atoms with Gasteiger partial charge in [-0.1, -0.05) is 25.0 Å². The van der Waals surface area contributed by atoms with Gasteiger partial charge in [0.25, 0.3) is 5.91 Å². The number of carbonyl (C=O) groups excluding carboxylic acids is 1. The topological polar surface area (TPSA) is 99.8 Å². The molecule has 0 aliphatic carbocycles. The van der Waals surface area contributed by atoms with Gasteiger partial charge < -0.3 is 15.3 Å². The van der Waals surface area contributed by atoms with Crippen molar-refractivity contribution in [3.8, 4) is 11.3 Å². The van der Waals surface area contributed by atoms with E-state index in [2.05, 4.69) is 22.0 Å². The standard InChI is InChI=1S/C25H26FN5O3/c1-3-17-7-5-4-6-12-30(17)25(34)21-15-22(27-2)31-23(28-21)14-20(29-31)18-10-8-16(13-19(18)26)9-11-24(32)33/h3,8-11,13-15,17,27H,1,4-7,12H2,2H3,(H,32,33)/b11-9+/t17-/m1/s1. The molecule has 9 heteroatoms. The summed E-state index contributed by atoms with van der Waals surface area (Å²) in [6.45, 7) is 4.55. The Morgan fingerprint density at radius 2 is 2.06 bits per heavy atom. The normalized spacial score (nSPS) is 16.5. The molecule has 0 bridgehead atoms. The van der Waals surface area contributed by atoms with Crippen LogP contribution in [0.1, 0.15) is 41.7 Å². The van der Waals surface area contributed by atoms with E-state index >= 15 is 0 Å². The van der Waals surface area contributed by atoms with Gasteiger partial charge in [-0.05, 0) is 36.6 Å². The zero-order valence-corrected chi connectivity index (χ0v) is 18.9. The average molecular weight is 464 g/mol. The van der Waals surface area contributed by atoms with Gasteiger partial charge in [0.1, 0.15) is 17.3 Å². The van der Waals surface area contributed by atoms with E-state index < -0.39 is 11.8 Å². The SMILES string of the molecule is C=C[C@@H]1CCCCCN1C(=O)c1cc(NC)n2nc(-c3ccc(/C=C/C(=O)O)cc3F)cc2n1. The number of hydrogen-bond donors (Lipinski definition) is 2. The van der Waals surface area contributed by atoms with E-state index in [4.69, 9.17) is 5.11 Å². The molecule has 8 nitrogen and oxygen atoms in total. The number of fused-ring (bicyclic) bond motifs is 1. The largest absolute Gasteiger partial charge is 0.478 e. The molecule has 4 rings (SSSR count). The molecule has 1 aromatic carbocycles. The first kappa shape index (κ1) is 23.2. The molecule has 1 saturated heterocycles. The second kappa shape index (κ2) is 9.86. The zero-order chi connectivity index (χ0) is 24.2. The number of aliphatic carboxylic acids is 1. The molecule has 0 spiro atoms. The number of aromatic nitrogens is 3. The third kappa shape index (κ3) is 4.68. The second-order valence-corrected chi connectivity index (χ2v) is 8.14. The molecule has 1 aliphatic heterocycles. The van der Waals surface area contributed by atoms with Crippen molar-refractivity contribution in [3.63, 3.8) is 0 Å². The van der Waals surface area contributed by atoms with Crippen LogP contribution in [-0.4, -0.2) is 56.1 Å².